The zero-order valence-electron chi connectivity index (χ0n) is 19.7. The lowest BCUT2D eigenvalue weighted by molar-refractivity contribution is -0.138. The van der Waals surface area contributed by atoms with Crippen molar-refractivity contribution in [2.75, 3.05) is 33.3 Å². The quantitative estimate of drug-likeness (QED) is 0.435. The number of likely N-dealkylation sites (tertiary alicyclic amines) is 1. The van der Waals surface area contributed by atoms with Gasteiger partial charge >= 0.3 is 12.4 Å². The van der Waals surface area contributed by atoms with Gasteiger partial charge in [-0.1, -0.05) is 0 Å². The Hall–Kier alpha value is -3.02. The van der Waals surface area contributed by atoms with E-state index in [0.717, 1.165) is 12.1 Å². The van der Waals surface area contributed by atoms with Crippen molar-refractivity contribution in [2.45, 2.75) is 44.2 Å². The predicted octanol–water partition coefficient (Wildman–Crippen LogP) is 4.73. The summed E-state index contributed by atoms with van der Waals surface area (Å²) < 4.78 is 86.2. The second kappa shape index (κ2) is 9.13. The number of likely N-dealkylation sites (N-methyl/N-ethyl adjacent to an activating group) is 1. The molecule has 1 saturated heterocycles. The van der Waals surface area contributed by atoms with Gasteiger partial charge in [0.05, 0.1) is 23.4 Å². The Balaban J connectivity index is 1.57. The van der Waals surface area contributed by atoms with Gasteiger partial charge in [-0.15, -0.1) is 0 Å². The Morgan fingerprint density at radius 3 is 2.22 bits per heavy atom. The summed E-state index contributed by atoms with van der Waals surface area (Å²) in [5, 5.41) is 0. The van der Waals surface area contributed by atoms with Gasteiger partial charge in [0.2, 0.25) is 0 Å². The molecule has 1 aromatic heterocycles. The molecular weight excluding hydrogens is 492 g/mol. The molecule has 0 saturated carbocycles. The largest absolute Gasteiger partial charge is 0.493 e. The molecule has 0 radical (unpaired) electrons. The summed E-state index contributed by atoms with van der Waals surface area (Å²) in [5.41, 5.74) is -1.71. The van der Waals surface area contributed by atoms with Crippen molar-refractivity contribution in [3.63, 3.8) is 0 Å². The Labute approximate surface area is 203 Å². The first kappa shape index (κ1) is 26.1. The highest BCUT2D eigenvalue weighted by Crippen LogP contribution is 2.43. The number of Topliss-reactive ketones (excluding diaryl/α,β-unsaturated/α-hetero) is 1. The molecule has 1 spiro atoms. The molecule has 1 fully saturated rings. The minimum atomic E-state index is -4.99. The third-order valence-corrected chi connectivity index (χ3v) is 7.05. The van der Waals surface area contributed by atoms with Gasteiger partial charge in [-0.2, -0.15) is 26.3 Å². The van der Waals surface area contributed by atoms with Crippen molar-refractivity contribution in [3.8, 4) is 5.75 Å². The number of carbonyl (C=O) groups excluding carboxylic acids is 2. The van der Waals surface area contributed by atoms with Crippen LogP contribution in [-0.2, 0) is 18.3 Å². The minimum Gasteiger partial charge on any atom is -0.493 e. The maximum Gasteiger partial charge on any atom is 0.456 e. The van der Waals surface area contributed by atoms with E-state index in [0.29, 0.717) is 25.1 Å². The van der Waals surface area contributed by atoms with E-state index >= 15 is 0 Å². The van der Waals surface area contributed by atoms with Crippen molar-refractivity contribution in [1.82, 2.24) is 14.4 Å². The number of piperidine rings is 1. The summed E-state index contributed by atoms with van der Waals surface area (Å²) in [6.07, 6.45) is -8.99. The molecule has 196 valence electrons. The van der Waals surface area contributed by atoms with E-state index in [1.54, 1.807) is 6.92 Å². The van der Waals surface area contributed by atoms with E-state index in [1.807, 2.05) is 11.9 Å². The van der Waals surface area contributed by atoms with Crippen molar-refractivity contribution in [1.29, 1.82) is 0 Å². The number of halogens is 6. The van der Waals surface area contributed by atoms with Crippen molar-refractivity contribution >= 4 is 11.7 Å². The maximum atomic E-state index is 13.5. The zero-order valence-corrected chi connectivity index (χ0v) is 19.7. The SMILES string of the molecule is CCOc1ccc(C(=O)N2CCC3(CC2)c2ccc(C(=O)C(F)(F)F)n2CCN3C)cc1C(F)(F)F. The van der Waals surface area contributed by atoms with E-state index in [2.05, 4.69) is 0 Å². The Morgan fingerprint density at radius 2 is 1.64 bits per heavy atom. The number of nitrogens with zero attached hydrogens (tertiary/aromatic N) is 3. The fourth-order valence-corrected chi connectivity index (χ4v) is 5.18. The molecule has 0 aliphatic carbocycles. The molecule has 1 amide bonds. The Bertz CT molecular complexity index is 1160. The van der Waals surface area contributed by atoms with Crippen molar-refractivity contribution < 1.29 is 40.7 Å². The molecule has 0 bridgehead atoms. The molecule has 4 rings (SSSR count). The van der Waals surface area contributed by atoms with E-state index in [1.165, 1.54) is 27.7 Å². The van der Waals surface area contributed by atoms with E-state index < -0.39 is 40.8 Å². The molecular formula is C24H25F6N3O3. The summed E-state index contributed by atoms with van der Waals surface area (Å²) in [6, 6.07) is 5.91. The minimum absolute atomic E-state index is 0.0378. The number of benzene rings is 1. The number of hydrogen-bond acceptors (Lipinski definition) is 4. The first-order valence-corrected chi connectivity index (χ1v) is 11.5. The average molecular weight is 517 g/mol. The summed E-state index contributed by atoms with van der Waals surface area (Å²) in [5.74, 6) is -2.83. The lowest BCUT2D eigenvalue weighted by Crippen LogP contribution is -2.56. The summed E-state index contributed by atoms with van der Waals surface area (Å²) >= 11 is 0. The van der Waals surface area contributed by atoms with Gasteiger partial charge in [-0.25, -0.2) is 0 Å². The van der Waals surface area contributed by atoms with Crippen LogP contribution >= 0.6 is 0 Å². The lowest BCUT2D eigenvalue weighted by Gasteiger charge is -2.50. The van der Waals surface area contributed by atoms with Gasteiger partial charge in [-0.3, -0.25) is 14.5 Å². The van der Waals surface area contributed by atoms with E-state index in [4.69, 9.17) is 4.74 Å². The molecule has 2 aliphatic rings. The number of fused-ring (bicyclic) bond motifs is 2. The van der Waals surface area contributed by atoms with Crippen LogP contribution in [0.4, 0.5) is 26.3 Å². The summed E-state index contributed by atoms with van der Waals surface area (Å²) in [6.45, 7) is 2.59. The average Bonchev–Trinajstić information content (AvgIpc) is 3.25. The van der Waals surface area contributed by atoms with Gasteiger partial charge in [0.1, 0.15) is 5.75 Å². The number of amides is 1. The standard InChI is InChI=1S/C24H25F6N3O3/c1-3-36-18-6-4-15(14-16(18)23(25,26)27)21(35)32-10-8-22(9-11-32)19-7-5-17(20(34)24(28,29)30)33(19)13-12-31(22)2/h4-7,14H,3,8-13H2,1-2H3. The van der Waals surface area contributed by atoms with Gasteiger partial charge in [0.25, 0.3) is 11.7 Å². The Kier molecular flexibility index (Phi) is 6.61. The number of carbonyl (C=O) groups is 2. The zero-order chi connectivity index (χ0) is 26.5. The van der Waals surface area contributed by atoms with E-state index in [-0.39, 0.29) is 37.6 Å². The monoisotopic (exact) mass is 517 g/mol. The third-order valence-electron chi connectivity index (χ3n) is 7.05. The van der Waals surface area contributed by atoms with Crippen molar-refractivity contribution in [2.24, 2.45) is 0 Å². The molecule has 2 aliphatic heterocycles. The van der Waals surface area contributed by atoms with Gasteiger partial charge in [0, 0.05) is 37.4 Å². The number of ether oxygens (including phenoxy) is 1. The van der Waals surface area contributed by atoms with Crippen LogP contribution in [0, 0.1) is 0 Å². The van der Waals surface area contributed by atoms with Crippen LogP contribution in [0.3, 0.4) is 0 Å². The number of hydrogen-bond donors (Lipinski definition) is 0. The third kappa shape index (κ3) is 4.46. The molecule has 36 heavy (non-hydrogen) atoms. The highest BCUT2D eigenvalue weighted by atomic mass is 19.4. The molecule has 1 aromatic carbocycles. The molecule has 12 heteroatoms. The predicted molar refractivity (Wildman–Crippen MR) is 117 cm³/mol. The first-order chi connectivity index (χ1) is 16.8. The molecule has 0 atom stereocenters. The highest BCUT2D eigenvalue weighted by Gasteiger charge is 2.48. The topological polar surface area (TPSA) is 54.8 Å². The fourth-order valence-electron chi connectivity index (χ4n) is 5.18. The second-order valence-corrected chi connectivity index (χ2v) is 8.97. The second-order valence-electron chi connectivity index (χ2n) is 8.97. The van der Waals surface area contributed by atoms with Crippen LogP contribution in [0.25, 0.3) is 0 Å². The number of rotatable bonds is 4. The van der Waals surface area contributed by atoms with Crippen LogP contribution in [0.15, 0.2) is 30.3 Å². The van der Waals surface area contributed by atoms with Crippen LogP contribution in [-0.4, -0.2) is 65.5 Å². The smallest absolute Gasteiger partial charge is 0.456 e. The van der Waals surface area contributed by atoms with Crippen LogP contribution in [0.1, 0.15) is 51.9 Å². The molecule has 3 heterocycles. The fraction of sp³-hybridized carbons (Fsp3) is 0.500. The highest BCUT2D eigenvalue weighted by molar-refractivity contribution is 5.99. The lowest BCUT2D eigenvalue weighted by atomic mass is 9.81. The van der Waals surface area contributed by atoms with Crippen molar-refractivity contribution in [3.05, 3.63) is 52.8 Å². The maximum absolute atomic E-state index is 13.5. The van der Waals surface area contributed by atoms with Crippen LogP contribution < -0.4 is 4.74 Å². The summed E-state index contributed by atoms with van der Waals surface area (Å²) in [7, 11) is 1.83. The molecule has 0 unspecified atom stereocenters. The number of ketones is 1. The van der Waals surface area contributed by atoms with Crippen LogP contribution in [0.2, 0.25) is 0 Å². The van der Waals surface area contributed by atoms with E-state index in [9.17, 15) is 35.9 Å². The molecule has 0 N–H and O–H groups in total. The molecule has 2 aromatic rings. The molecule has 6 nitrogen and oxygen atoms in total. The van der Waals surface area contributed by atoms with Gasteiger partial charge < -0.3 is 14.2 Å². The first-order valence-electron chi connectivity index (χ1n) is 11.5. The normalized spacial score (nSPS) is 18.3. The number of alkyl halides is 6. The summed E-state index contributed by atoms with van der Waals surface area (Å²) in [4.78, 5) is 28.4. The number of aromatic nitrogens is 1. The van der Waals surface area contributed by atoms with Crippen LogP contribution in [0.5, 0.6) is 5.75 Å². The Morgan fingerprint density at radius 1 is 0.972 bits per heavy atom. The van der Waals surface area contributed by atoms with Gasteiger partial charge in [0.15, 0.2) is 0 Å². The van der Waals surface area contributed by atoms with Gasteiger partial charge in [-0.05, 0) is 57.1 Å².